The van der Waals surface area contributed by atoms with Crippen molar-refractivity contribution < 1.29 is 0 Å². The summed E-state index contributed by atoms with van der Waals surface area (Å²) in [5, 5.41) is 0. The molecule has 4 nitrogen and oxygen atoms in total. The van der Waals surface area contributed by atoms with Crippen molar-refractivity contribution in [2.75, 3.05) is 24.2 Å². The van der Waals surface area contributed by atoms with E-state index in [-0.39, 0.29) is 0 Å². The Morgan fingerprint density at radius 3 is 3.00 bits per heavy atom. The Hall–Kier alpha value is -1.58. The number of nitrogen functional groups attached to an aromatic ring is 1. The SMILES string of the molecule is C=CCN(C)c1cc(N)ncn1. The van der Waals surface area contributed by atoms with Gasteiger partial charge in [-0.1, -0.05) is 6.08 Å². The Morgan fingerprint density at radius 2 is 2.42 bits per heavy atom. The summed E-state index contributed by atoms with van der Waals surface area (Å²) in [5.74, 6) is 1.29. The summed E-state index contributed by atoms with van der Waals surface area (Å²) in [6, 6.07) is 1.73. The van der Waals surface area contributed by atoms with E-state index in [1.54, 1.807) is 12.1 Å². The van der Waals surface area contributed by atoms with E-state index < -0.39 is 0 Å². The molecule has 0 saturated heterocycles. The first-order chi connectivity index (χ1) is 5.74. The molecule has 1 rings (SSSR count). The molecule has 4 heteroatoms. The van der Waals surface area contributed by atoms with E-state index >= 15 is 0 Å². The third-order valence-corrected chi connectivity index (χ3v) is 1.47. The zero-order valence-electron chi connectivity index (χ0n) is 7.07. The predicted octanol–water partition coefficient (Wildman–Crippen LogP) is 0.681. The maximum absolute atomic E-state index is 5.49. The minimum absolute atomic E-state index is 0.482. The van der Waals surface area contributed by atoms with Gasteiger partial charge in [0.25, 0.3) is 0 Å². The molecule has 0 radical (unpaired) electrons. The molecule has 0 aromatic carbocycles. The van der Waals surface area contributed by atoms with E-state index in [1.807, 2.05) is 11.9 Å². The molecule has 0 saturated carbocycles. The molecular formula is C8H12N4. The second kappa shape index (κ2) is 3.71. The number of nitrogens with two attached hydrogens (primary N) is 1. The monoisotopic (exact) mass is 164 g/mol. The Balaban J connectivity index is 2.80. The van der Waals surface area contributed by atoms with Crippen molar-refractivity contribution in [3.05, 3.63) is 25.0 Å². The summed E-state index contributed by atoms with van der Waals surface area (Å²) in [5.41, 5.74) is 5.49. The van der Waals surface area contributed by atoms with E-state index in [1.165, 1.54) is 6.33 Å². The molecule has 0 amide bonds. The van der Waals surface area contributed by atoms with E-state index in [4.69, 9.17) is 5.73 Å². The normalized spacial score (nSPS) is 9.42. The van der Waals surface area contributed by atoms with Crippen molar-refractivity contribution in [3.63, 3.8) is 0 Å². The molecular weight excluding hydrogens is 152 g/mol. The van der Waals surface area contributed by atoms with Gasteiger partial charge >= 0.3 is 0 Å². The lowest BCUT2D eigenvalue weighted by molar-refractivity contribution is 0.978. The second-order valence-corrected chi connectivity index (χ2v) is 2.47. The number of hydrogen-bond donors (Lipinski definition) is 1. The molecule has 12 heavy (non-hydrogen) atoms. The summed E-state index contributed by atoms with van der Waals surface area (Å²) >= 11 is 0. The number of likely N-dealkylation sites (N-methyl/N-ethyl adjacent to an activating group) is 1. The van der Waals surface area contributed by atoms with E-state index in [9.17, 15) is 0 Å². The lowest BCUT2D eigenvalue weighted by atomic mass is 10.4. The first-order valence-corrected chi connectivity index (χ1v) is 3.63. The third-order valence-electron chi connectivity index (χ3n) is 1.47. The second-order valence-electron chi connectivity index (χ2n) is 2.47. The van der Waals surface area contributed by atoms with Crippen LogP contribution in [0.15, 0.2) is 25.0 Å². The van der Waals surface area contributed by atoms with Gasteiger partial charge in [0.2, 0.25) is 0 Å². The van der Waals surface area contributed by atoms with Crippen LogP contribution in [-0.2, 0) is 0 Å². The summed E-state index contributed by atoms with van der Waals surface area (Å²) < 4.78 is 0. The van der Waals surface area contributed by atoms with Crippen LogP contribution in [0.1, 0.15) is 0 Å². The van der Waals surface area contributed by atoms with Crippen LogP contribution < -0.4 is 10.6 Å². The van der Waals surface area contributed by atoms with Crippen molar-refractivity contribution in [3.8, 4) is 0 Å². The molecule has 1 aromatic heterocycles. The molecule has 64 valence electrons. The molecule has 0 fully saturated rings. The molecule has 0 atom stereocenters. The Morgan fingerprint density at radius 1 is 1.67 bits per heavy atom. The Kier molecular flexibility index (Phi) is 2.63. The van der Waals surface area contributed by atoms with Gasteiger partial charge in [-0.2, -0.15) is 0 Å². The summed E-state index contributed by atoms with van der Waals surface area (Å²) in [6.07, 6.45) is 3.25. The first-order valence-electron chi connectivity index (χ1n) is 3.63. The van der Waals surface area contributed by atoms with Gasteiger partial charge in [0.05, 0.1) is 0 Å². The number of anilines is 2. The Bertz CT molecular complexity index is 272. The largest absolute Gasteiger partial charge is 0.384 e. The minimum atomic E-state index is 0.482. The van der Waals surface area contributed by atoms with Crippen LogP contribution in [-0.4, -0.2) is 23.6 Å². The Labute approximate surface area is 71.7 Å². The van der Waals surface area contributed by atoms with Gasteiger partial charge in [0.15, 0.2) is 0 Å². The molecule has 0 unspecified atom stereocenters. The van der Waals surface area contributed by atoms with Crippen LogP contribution in [0.2, 0.25) is 0 Å². The van der Waals surface area contributed by atoms with Crippen LogP contribution in [0.4, 0.5) is 11.6 Å². The highest BCUT2D eigenvalue weighted by Crippen LogP contribution is 2.08. The average molecular weight is 164 g/mol. The average Bonchev–Trinajstić information content (AvgIpc) is 2.05. The summed E-state index contributed by atoms with van der Waals surface area (Å²) in [7, 11) is 1.92. The quantitative estimate of drug-likeness (QED) is 0.667. The van der Waals surface area contributed by atoms with Gasteiger partial charge < -0.3 is 10.6 Å². The van der Waals surface area contributed by atoms with Gasteiger partial charge in [-0.15, -0.1) is 6.58 Å². The number of rotatable bonds is 3. The van der Waals surface area contributed by atoms with E-state index in [0.29, 0.717) is 5.82 Å². The lowest BCUT2D eigenvalue weighted by Gasteiger charge is -2.14. The first kappa shape index (κ1) is 8.52. The number of nitrogens with zero attached hydrogens (tertiary/aromatic N) is 3. The van der Waals surface area contributed by atoms with Gasteiger partial charge in [-0.3, -0.25) is 0 Å². The topological polar surface area (TPSA) is 55.0 Å². The van der Waals surface area contributed by atoms with Gasteiger partial charge in [-0.05, 0) is 0 Å². The zero-order valence-corrected chi connectivity index (χ0v) is 7.07. The van der Waals surface area contributed by atoms with Crippen LogP contribution in [0.5, 0.6) is 0 Å². The fourth-order valence-corrected chi connectivity index (χ4v) is 0.857. The molecule has 2 N–H and O–H groups in total. The van der Waals surface area contributed by atoms with Crippen molar-refractivity contribution in [1.82, 2.24) is 9.97 Å². The van der Waals surface area contributed by atoms with E-state index in [0.717, 1.165) is 12.4 Å². The molecule has 0 bridgehead atoms. The van der Waals surface area contributed by atoms with Crippen LogP contribution in [0.3, 0.4) is 0 Å². The fraction of sp³-hybridized carbons (Fsp3) is 0.250. The van der Waals surface area contributed by atoms with Crippen molar-refractivity contribution in [1.29, 1.82) is 0 Å². The van der Waals surface area contributed by atoms with Crippen molar-refractivity contribution in [2.45, 2.75) is 0 Å². The molecule has 0 aliphatic carbocycles. The van der Waals surface area contributed by atoms with Gasteiger partial charge in [-0.25, -0.2) is 9.97 Å². The molecule has 1 aromatic rings. The molecule has 0 aliphatic rings. The molecule has 1 heterocycles. The highest BCUT2D eigenvalue weighted by Gasteiger charge is 1.99. The summed E-state index contributed by atoms with van der Waals surface area (Å²) in [6.45, 7) is 4.38. The van der Waals surface area contributed by atoms with Crippen LogP contribution in [0, 0.1) is 0 Å². The van der Waals surface area contributed by atoms with Gasteiger partial charge in [0, 0.05) is 19.7 Å². The summed E-state index contributed by atoms with van der Waals surface area (Å²) in [4.78, 5) is 9.78. The van der Waals surface area contributed by atoms with Crippen LogP contribution in [0.25, 0.3) is 0 Å². The number of aromatic nitrogens is 2. The maximum atomic E-state index is 5.49. The molecule has 0 spiro atoms. The van der Waals surface area contributed by atoms with E-state index in [2.05, 4.69) is 16.5 Å². The van der Waals surface area contributed by atoms with Gasteiger partial charge in [0.1, 0.15) is 18.0 Å². The van der Waals surface area contributed by atoms with Crippen LogP contribution >= 0.6 is 0 Å². The zero-order chi connectivity index (χ0) is 8.97. The highest BCUT2D eigenvalue weighted by atomic mass is 15.2. The predicted molar refractivity (Wildman–Crippen MR) is 49.9 cm³/mol. The maximum Gasteiger partial charge on any atom is 0.134 e. The highest BCUT2D eigenvalue weighted by molar-refractivity contribution is 5.45. The third kappa shape index (κ3) is 1.95. The smallest absolute Gasteiger partial charge is 0.134 e. The standard InChI is InChI=1S/C8H12N4/c1-3-4-12(2)8-5-7(9)10-6-11-8/h3,5-6H,1,4H2,2H3,(H2,9,10,11). The minimum Gasteiger partial charge on any atom is -0.384 e. The number of hydrogen-bond acceptors (Lipinski definition) is 4. The fourth-order valence-electron chi connectivity index (χ4n) is 0.857. The lowest BCUT2D eigenvalue weighted by Crippen LogP contribution is -2.18. The van der Waals surface area contributed by atoms with Crippen molar-refractivity contribution >= 4 is 11.6 Å². The molecule has 0 aliphatic heterocycles. The van der Waals surface area contributed by atoms with Crippen molar-refractivity contribution in [2.24, 2.45) is 0 Å².